The third-order valence-corrected chi connectivity index (χ3v) is 5.43. The van der Waals surface area contributed by atoms with Crippen molar-refractivity contribution in [3.05, 3.63) is 24.3 Å². The number of likely N-dealkylation sites (tertiary alicyclic amines) is 1. The molecule has 1 N–H and O–H groups in total. The first-order valence-electron chi connectivity index (χ1n) is 8.40. The van der Waals surface area contributed by atoms with Gasteiger partial charge >= 0.3 is 0 Å². The molecule has 24 heavy (non-hydrogen) atoms. The molecule has 0 bridgehead atoms. The standard InChI is InChI=1S/C18H27N3O2S/c1-14(22)20(2)15-8-11-21(12-9-15)13-10-18(23)19-16-6-4-5-7-17(16)24-3/h4-7,15H,8-13H2,1-3H3,(H,19,23). The predicted molar refractivity (Wildman–Crippen MR) is 99.4 cm³/mol. The first-order chi connectivity index (χ1) is 11.5. The molecule has 1 fully saturated rings. The second-order valence-electron chi connectivity index (χ2n) is 6.20. The molecule has 1 aromatic carbocycles. The van der Waals surface area contributed by atoms with E-state index in [1.807, 2.05) is 42.5 Å². The smallest absolute Gasteiger partial charge is 0.225 e. The van der Waals surface area contributed by atoms with Crippen LogP contribution in [0.3, 0.4) is 0 Å². The van der Waals surface area contributed by atoms with E-state index >= 15 is 0 Å². The van der Waals surface area contributed by atoms with Gasteiger partial charge in [0.2, 0.25) is 11.8 Å². The topological polar surface area (TPSA) is 52.7 Å². The zero-order chi connectivity index (χ0) is 17.5. The van der Waals surface area contributed by atoms with Crippen LogP contribution < -0.4 is 5.32 Å². The number of nitrogens with zero attached hydrogens (tertiary/aromatic N) is 2. The summed E-state index contributed by atoms with van der Waals surface area (Å²) in [5.41, 5.74) is 0.886. The summed E-state index contributed by atoms with van der Waals surface area (Å²) in [6.07, 6.45) is 4.46. The fourth-order valence-corrected chi connectivity index (χ4v) is 3.56. The Bertz CT molecular complexity index is 571. The third kappa shape index (κ3) is 5.24. The van der Waals surface area contributed by atoms with Crippen LogP contribution in [-0.2, 0) is 9.59 Å². The van der Waals surface area contributed by atoms with Crippen molar-refractivity contribution in [1.82, 2.24) is 9.80 Å². The Morgan fingerprint density at radius 3 is 2.58 bits per heavy atom. The number of carbonyl (C=O) groups is 2. The molecule has 0 spiro atoms. The molecule has 0 unspecified atom stereocenters. The van der Waals surface area contributed by atoms with Gasteiger partial charge in [0.1, 0.15) is 0 Å². The molecule has 2 amide bonds. The van der Waals surface area contributed by atoms with Gasteiger partial charge in [0, 0.05) is 51.0 Å². The summed E-state index contributed by atoms with van der Waals surface area (Å²) >= 11 is 1.63. The molecule has 1 aliphatic rings. The van der Waals surface area contributed by atoms with Crippen LogP contribution in [0.2, 0.25) is 0 Å². The maximum Gasteiger partial charge on any atom is 0.225 e. The molecular weight excluding hydrogens is 322 g/mol. The number of amides is 2. The molecule has 1 heterocycles. The molecule has 0 saturated carbocycles. The molecule has 1 aliphatic heterocycles. The number of para-hydroxylation sites is 1. The van der Waals surface area contributed by atoms with Gasteiger partial charge in [-0.05, 0) is 31.2 Å². The lowest BCUT2D eigenvalue weighted by atomic mass is 10.0. The summed E-state index contributed by atoms with van der Waals surface area (Å²) in [6, 6.07) is 8.19. The highest BCUT2D eigenvalue weighted by molar-refractivity contribution is 7.98. The van der Waals surface area contributed by atoms with Crippen LogP contribution in [0.1, 0.15) is 26.2 Å². The van der Waals surface area contributed by atoms with Crippen LogP contribution in [0.4, 0.5) is 5.69 Å². The van der Waals surface area contributed by atoms with Crippen LogP contribution in [0.25, 0.3) is 0 Å². The van der Waals surface area contributed by atoms with Gasteiger partial charge in [0.15, 0.2) is 0 Å². The number of rotatable bonds is 6. The Balaban J connectivity index is 1.74. The molecule has 5 nitrogen and oxygen atoms in total. The van der Waals surface area contributed by atoms with Crippen LogP contribution in [0.15, 0.2) is 29.2 Å². The van der Waals surface area contributed by atoms with E-state index in [0.717, 1.165) is 43.1 Å². The summed E-state index contributed by atoms with van der Waals surface area (Å²) in [6.45, 7) is 4.26. The molecule has 0 radical (unpaired) electrons. The quantitative estimate of drug-likeness (QED) is 0.802. The summed E-state index contributed by atoms with van der Waals surface area (Å²) in [7, 11) is 1.87. The molecule has 2 rings (SSSR count). The van der Waals surface area contributed by atoms with Crippen molar-refractivity contribution >= 4 is 29.3 Å². The van der Waals surface area contributed by atoms with E-state index in [4.69, 9.17) is 0 Å². The van der Waals surface area contributed by atoms with E-state index in [0.29, 0.717) is 12.5 Å². The van der Waals surface area contributed by atoms with Crippen molar-refractivity contribution in [2.45, 2.75) is 37.1 Å². The fourth-order valence-electron chi connectivity index (χ4n) is 3.01. The highest BCUT2D eigenvalue weighted by atomic mass is 32.2. The van der Waals surface area contributed by atoms with Gasteiger partial charge in [0.05, 0.1) is 5.69 Å². The van der Waals surface area contributed by atoms with Crippen molar-refractivity contribution in [1.29, 1.82) is 0 Å². The maximum absolute atomic E-state index is 12.2. The molecule has 0 aromatic heterocycles. The Morgan fingerprint density at radius 1 is 1.29 bits per heavy atom. The minimum atomic E-state index is 0.0551. The average Bonchev–Trinajstić information content (AvgIpc) is 2.60. The summed E-state index contributed by atoms with van der Waals surface area (Å²) < 4.78 is 0. The third-order valence-electron chi connectivity index (χ3n) is 4.64. The van der Waals surface area contributed by atoms with Crippen LogP contribution in [0.5, 0.6) is 0 Å². The largest absolute Gasteiger partial charge is 0.343 e. The zero-order valence-electron chi connectivity index (χ0n) is 14.7. The monoisotopic (exact) mass is 349 g/mol. The molecule has 6 heteroatoms. The second kappa shape index (κ2) is 9.08. The number of carbonyl (C=O) groups excluding carboxylic acids is 2. The van der Waals surface area contributed by atoms with E-state index < -0.39 is 0 Å². The molecular formula is C18H27N3O2S. The van der Waals surface area contributed by atoms with Crippen LogP contribution in [0, 0.1) is 0 Å². The lowest BCUT2D eigenvalue weighted by Gasteiger charge is -2.36. The first kappa shape index (κ1) is 18.8. The Hall–Kier alpha value is -1.53. The highest BCUT2D eigenvalue weighted by Gasteiger charge is 2.23. The average molecular weight is 350 g/mol. The number of hydrogen-bond donors (Lipinski definition) is 1. The van der Waals surface area contributed by atoms with Gasteiger partial charge in [-0.15, -0.1) is 11.8 Å². The molecule has 0 aliphatic carbocycles. The summed E-state index contributed by atoms with van der Waals surface area (Å²) in [5, 5.41) is 3.00. The zero-order valence-corrected chi connectivity index (χ0v) is 15.6. The van der Waals surface area contributed by atoms with Gasteiger partial charge in [-0.3, -0.25) is 9.59 Å². The lowest BCUT2D eigenvalue weighted by molar-refractivity contribution is -0.130. The normalized spacial score (nSPS) is 16.0. The number of piperidine rings is 1. The maximum atomic E-state index is 12.2. The second-order valence-corrected chi connectivity index (χ2v) is 7.05. The Morgan fingerprint density at radius 2 is 1.96 bits per heavy atom. The number of benzene rings is 1. The molecule has 132 valence electrons. The van der Waals surface area contributed by atoms with Gasteiger partial charge in [-0.2, -0.15) is 0 Å². The van der Waals surface area contributed by atoms with Crippen LogP contribution in [-0.4, -0.2) is 60.6 Å². The van der Waals surface area contributed by atoms with Gasteiger partial charge in [-0.25, -0.2) is 0 Å². The van der Waals surface area contributed by atoms with Crippen molar-refractivity contribution in [2.24, 2.45) is 0 Å². The van der Waals surface area contributed by atoms with E-state index in [-0.39, 0.29) is 11.8 Å². The predicted octanol–water partition coefficient (Wildman–Crippen LogP) is 2.68. The van der Waals surface area contributed by atoms with Gasteiger partial charge < -0.3 is 15.1 Å². The van der Waals surface area contributed by atoms with E-state index in [1.54, 1.807) is 18.7 Å². The SMILES string of the molecule is CSc1ccccc1NC(=O)CCN1CCC(N(C)C(C)=O)CC1. The Kier molecular flexibility index (Phi) is 7.12. The minimum Gasteiger partial charge on any atom is -0.343 e. The van der Waals surface area contributed by atoms with E-state index in [1.165, 1.54) is 0 Å². The van der Waals surface area contributed by atoms with Crippen molar-refractivity contribution < 1.29 is 9.59 Å². The number of anilines is 1. The minimum absolute atomic E-state index is 0.0551. The van der Waals surface area contributed by atoms with Gasteiger partial charge in [-0.1, -0.05) is 12.1 Å². The van der Waals surface area contributed by atoms with Gasteiger partial charge in [0.25, 0.3) is 0 Å². The fraction of sp³-hybridized carbons (Fsp3) is 0.556. The number of hydrogen-bond acceptors (Lipinski definition) is 4. The number of nitrogens with one attached hydrogen (secondary N) is 1. The summed E-state index contributed by atoms with van der Waals surface area (Å²) in [5.74, 6) is 0.180. The van der Waals surface area contributed by atoms with Crippen molar-refractivity contribution in [3.8, 4) is 0 Å². The first-order valence-corrected chi connectivity index (χ1v) is 9.62. The molecule has 1 aromatic rings. The van der Waals surface area contributed by atoms with E-state index in [9.17, 15) is 9.59 Å². The number of thioether (sulfide) groups is 1. The lowest BCUT2D eigenvalue weighted by Crippen LogP contribution is -2.45. The van der Waals surface area contributed by atoms with E-state index in [2.05, 4.69) is 10.2 Å². The molecule has 1 saturated heterocycles. The Labute approximate surface area is 148 Å². The highest BCUT2D eigenvalue weighted by Crippen LogP contribution is 2.24. The molecule has 0 atom stereocenters. The van der Waals surface area contributed by atoms with Crippen LogP contribution >= 0.6 is 11.8 Å². The van der Waals surface area contributed by atoms with Crippen molar-refractivity contribution in [2.75, 3.05) is 38.3 Å². The summed E-state index contributed by atoms with van der Waals surface area (Å²) in [4.78, 5) is 28.8. The van der Waals surface area contributed by atoms with Crippen molar-refractivity contribution in [3.63, 3.8) is 0 Å².